The molecule has 0 amide bonds. The normalized spacial score (nSPS) is 38.4. The maximum Gasteiger partial charge on any atom is 0.0164 e. The van der Waals surface area contributed by atoms with E-state index in [9.17, 15) is 0 Å². The molecule has 6 aliphatic carbocycles. The van der Waals surface area contributed by atoms with Gasteiger partial charge in [0.25, 0.3) is 0 Å². The molecule has 6 aliphatic rings. The first kappa shape index (κ1) is 30.3. The smallest absolute Gasteiger partial charge is 0.0164 e. The van der Waals surface area contributed by atoms with E-state index in [0.717, 1.165) is 42.1 Å². The Hall–Kier alpha value is 1.32. The lowest BCUT2D eigenvalue weighted by atomic mass is 9.45. The highest BCUT2D eigenvalue weighted by Crippen LogP contribution is 2.62. The predicted molar refractivity (Wildman–Crippen MR) is 148 cm³/mol. The van der Waals surface area contributed by atoms with E-state index in [-0.39, 0.29) is 54.0 Å². The van der Waals surface area contributed by atoms with Gasteiger partial charge in [0.1, 0.15) is 0 Å². The van der Waals surface area contributed by atoms with Gasteiger partial charge in [-0.3, -0.25) is 0 Å². The third-order valence-corrected chi connectivity index (χ3v) is 9.59. The molecule has 0 aromatic carbocycles. The molecule has 0 aliphatic heterocycles. The van der Waals surface area contributed by atoms with Crippen LogP contribution in [-0.4, -0.2) is 25.7 Å². The summed E-state index contributed by atoms with van der Waals surface area (Å²) in [5, 5.41) is 7.67. The fourth-order valence-electron chi connectivity index (χ4n) is 7.32. The minimum Gasteiger partial charge on any atom is -0.315 e. The molecule has 0 aromatic heterocycles. The van der Waals surface area contributed by atoms with Gasteiger partial charge in [0.2, 0.25) is 0 Å². The van der Waals surface area contributed by atoms with Gasteiger partial charge in [-0.05, 0) is 105 Å². The van der Waals surface area contributed by atoms with E-state index in [0.29, 0.717) is 16.9 Å². The fourth-order valence-corrected chi connectivity index (χ4v) is 7.32. The highest BCUT2D eigenvalue weighted by atomic mass is 32.1. The van der Waals surface area contributed by atoms with Crippen LogP contribution in [0.25, 0.3) is 0 Å². The Morgan fingerprint density at radius 1 is 0.724 bits per heavy atom. The van der Waals surface area contributed by atoms with Crippen molar-refractivity contribution in [2.45, 2.75) is 79.2 Å². The number of nitrogens with one attached hydrogen (secondary N) is 2. The van der Waals surface area contributed by atoms with Crippen molar-refractivity contribution in [1.29, 1.82) is 0 Å². The van der Waals surface area contributed by atoms with Crippen LogP contribution in [0.2, 0.25) is 0 Å². The zero-order valence-corrected chi connectivity index (χ0v) is 23.4. The molecule has 3 unspecified atom stereocenters. The third-order valence-electron chi connectivity index (χ3n) is 9.59. The minimum atomic E-state index is 0. The summed E-state index contributed by atoms with van der Waals surface area (Å²) in [6, 6.07) is 0.603. The van der Waals surface area contributed by atoms with E-state index in [1.54, 1.807) is 0 Å². The second-order valence-electron chi connectivity index (χ2n) is 11.4. The van der Waals surface area contributed by atoms with Crippen molar-refractivity contribution >= 4 is 54.0 Å². The molecule has 0 saturated heterocycles. The molecule has 176 valence electrons. The van der Waals surface area contributed by atoms with Crippen LogP contribution in [0, 0.1) is 46.3 Å². The summed E-state index contributed by atoms with van der Waals surface area (Å²) in [5.41, 5.74) is 1.25. The van der Waals surface area contributed by atoms with Crippen LogP contribution in [0.1, 0.15) is 73.1 Å². The lowest BCUT2D eigenvalue weighted by Gasteiger charge is -2.60. The van der Waals surface area contributed by atoms with Crippen LogP contribution in [0.3, 0.4) is 0 Å². The van der Waals surface area contributed by atoms with Gasteiger partial charge in [-0.15, -0.1) is 0 Å². The average Bonchev–Trinajstić information content (AvgIpc) is 2.60. The molecular weight excluding hydrogens is 433 g/mol. The van der Waals surface area contributed by atoms with Crippen molar-refractivity contribution in [3.05, 3.63) is 0 Å². The van der Waals surface area contributed by atoms with Crippen LogP contribution in [0.15, 0.2) is 0 Å². The summed E-state index contributed by atoms with van der Waals surface area (Å²) in [7, 11) is 0. The van der Waals surface area contributed by atoms with Gasteiger partial charge in [-0.25, -0.2) is 0 Å². The standard InChI is InChI=1S/C23H42N2.4H2S/c1-15(25-14-17-7-9-19-11-21(17)23(19,4)5)12-24-13-16-6-8-18-10-20(16)22(18,2)3;;;;/h15-21,24-25H,6-14H2,1-5H3;4*1H2/t15?,16-,17-,18?,19?,20-,21-;;;;/m0..../s1. The van der Waals surface area contributed by atoms with Crippen molar-refractivity contribution < 1.29 is 0 Å². The number of rotatable bonds is 7. The highest BCUT2D eigenvalue weighted by Gasteiger charge is 2.54. The predicted octanol–water partition coefficient (Wildman–Crippen LogP) is 5.15. The first-order valence-electron chi connectivity index (χ1n) is 11.2. The van der Waals surface area contributed by atoms with Gasteiger partial charge in [0.05, 0.1) is 0 Å². The second-order valence-corrected chi connectivity index (χ2v) is 11.4. The van der Waals surface area contributed by atoms with Crippen molar-refractivity contribution in [2.75, 3.05) is 19.6 Å². The molecule has 29 heavy (non-hydrogen) atoms. The topological polar surface area (TPSA) is 24.1 Å². The Morgan fingerprint density at radius 3 is 1.59 bits per heavy atom. The molecule has 6 fully saturated rings. The van der Waals surface area contributed by atoms with Crippen LogP contribution >= 0.6 is 54.0 Å². The summed E-state index contributed by atoms with van der Waals surface area (Å²) >= 11 is 0. The van der Waals surface area contributed by atoms with E-state index in [1.807, 2.05) is 0 Å². The van der Waals surface area contributed by atoms with Gasteiger partial charge >= 0.3 is 0 Å². The summed E-state index contributed by atoms with van der Waals surface area (Å²) in [5.74, 6) is 5.87. The fraction of sp³-hybridized carbons (Fsp3) is 1.00. The molecular formula is C23H50N2S4. The van der Waals surface area contributed by atoms with E-state index < -0.39 is 0 Å². The molecule has 6 heteroatoms. The first-order chi connectivity index (χ1) is 11.8. The van der Waals surface area contributed by atoms with Crippen LogP contribution in [0.4, 0.5) is 0 Å². The molecule has 6 rings (SSSR count). The summed E-state index contributed by atoms with van der Waals surface area (Å²) in [4.78, 5) is 0. The summed E-state index contributed by atoms with van der Waals surface area (Å²) in [6.45, 7) is 16.0. The molecule has 4 bridgehead atoms. The lowest BCUT2D eigenvalue weighted by molar-refractivity contribution is -0.104. The van der Waals surface area contributed by atoms with Gasteiger partial charge in [0, 0.05) is 12.6 Å². The van der Waals surface area contributed by atoms with E-state index in [1.165, 1.54) is 51.6 Å². The van der Waals surface area contributed by atoms with Gasteiger partial charge < -0.3 is 10.6 Å². The first-order valence-corrected chi connectivity index (χ1v) is 11.2. The third kappa shape index (κ3) is 5.63. The lowest BCUT2D eigenvalue weighted by Crippen LogP contribution is -2.55. The molecule has 2 N–H and O–H groups in total. The molecule has 0 heterocycles. The Bertz CT molecular complexity index is 495. The quantitative estimate of drug-likeness (QED) is 0.524. The number of hydrogen-bond acceptors (Lipinski definition) is 2. The molecule has 2 nitrogen and oxygen atoms in total. The van der Waals surface area contributed by atoms with Crippen molar-refractivity contribution in [1.82, 2.24) is 10.6 Å². The van der Waals surface area contributed by atoms with Gasteiger partial charge in [-0.2, -0.15) is 54.0 Å². The van der Waals surface area contributed by atoms with Crippen LogP contribution in [0.5, 0.6) is 0 Å². The van der Waals surface area contributed by atoms with E-state index in [4.69, 9.17) is 0 Å². The monoisotopic (exact) mass is 482 g/mol. The largest absolute Gasteiger partial charge is 0.315 e. The molecule has 0 radical (unpaired) electrons. The van der Waals surface area contributed by atoms with Crippen molar-refractivity contribution in [3.63, 3.8) is 0 Å². The van der Waals surface area contributed by atoms with E-state index in [2.05, 4.69) is 45.3 Å². The Labute approximate surface area is 209 Å². The molecule has 0 spiro atoms. The minimum absolute atomic E-state index is 0. The zero-order chi connectivity index (χ0) is 17.8. The van der Waals surface area contributed by atoms with Crippen molar-refractivity contribution in [3.8, 4) is 0 Å². The Kier molecular flexibility index (Phi) is 12.0. The maximum absolute atomic E-state index is 3.86. The van der Waals surface area contributed by atoms with Gasteiger partial charge in [0.15, 0.2) is 0 Å². The maximum atomic E-state index is 3.86. The van der Waals surface area contributed by atoms with Crippen LogP contribution in [-0.2, 0) is 0 Å². The highest BCUT2D eigenvalue weighted by molar-refractivity contribution is 7.59. The average molecular weight is 483 g/mol. The molecule has 0 aromatic rings. The second kappa shape index (κ2) is 11.4. The summed E-state index contributed by atoms with van der Waals surface area (Å²) in [6.07, 6.45) is 8.89. The van der Waals surface area contributed by atoms with E-state index >= 15 is 0 Å². The van der Waals surface area contributed by atoms with Crippen molar-refractivity contribution in [2.24, 2.45) is 46.3 Å². The van der Waals surface area contributed by atoms with Gasteiger partial charge in [-0.1, -0.05) is 27.7 Å². The summed E-state index contributed by atoms with van der Waals surface area (Å²) < 4.78 is 0. The number of hydrogen-bond donors (Lipinski definition) is 2. The SMILES string of the molecule is CC(CNC[C@@H]1CCC2C[C@@H]1C2(C)C)NC[C@@H]1CCC2C[C@@H]1C2(C)C.S.S.S.S. The molecule has 6 saturated carbocycles. The Morgan fingerprint density at radius 2 is 1.17 bits per heavy atom. The molecule has 7 atom stereocenters. The Balaban J connectivity index is 0.00000196. The zero-order valence-electron chi connectivity index (χ0n) is 19.4. The number of fused-ring (bicyclic) bond motifs is 4. The van der Waals surface area contributed by atoms with Crippen LogP contribution < -0.4 is 10.6 Å².